The summed E-state index contributed by atoms with van der Waals surface area (Å²) in [5.74, 6) is 0.365. The van der Waals surface area contributed by atoms with Crippen LogP contribution in [0.5, 0.6) is 5.75 Å². The van der Waals surface area contributed by atoms with Crippen LogP contribution >= 0.6 is 11.3 Å². The van der Waals surface area contributed by atoms with Gasteiger partial charge in [-0.05, 0) is 48.6 Å². The molecule has 8 heteroatoms. The molecule has 148 valence electrons. The van der Waals surface area contributed by atoms with E-state index in [9.17, 15) is 8.42 Å². The number of hydrogen-bond donors (Lipinski definition) is 1. The highest BCUT2D eigenvalue weighted by molar-refractivity contribution is 7.89. The molecule has 0 spiro atoms. The lowest BCUT2D eigenvalue weighted by atomic mass is 10.1. The molecule has 0 bridgehead atoms. The van der Waals surface area contributed by atoms with Gasteiger partial charge < -0.3 is 9.47 Å². The number of ether oxygens (including phenoxy) is 2. The van der Waals surface area contributed by atoms with Crippen LogP contribution in [0.25, 0.3) is 0 Å². The van der Waals surface area contributed by atoms with Gasteiger partial charge in [0.2, 0.25) is 10.0 Å². The number of nitrogens with one attached hydrogen (secondary N) is 1. The van der Waals surface area contributed by atoms with Crippen molar-refractivity contribution in [3.05, 3.63) is 45.6 Å². The second kappa shape index (κ2) is 8.70. The maximum Gasteiger partial charge on any atom is 0.244 e. The second-order valence-electron chi connectivity index (χ2n) is 6.62. The highest BCUT2D eigenvalue weighted by Gasteiger charge is 2.27. The van der Waals surface area contributed by atoms with Crippen molar-refractivity contribution in [2.75, 3.05) is 40.0 Å². The second-order valence-corrected chi connectivity index (χ2v) is 9.33. The monoisotopic (exact) mass is 410 g/mol. The van der Waals surface area contributed by atoms with E-state index in [1.807, 2.05) is 25.3 Å². The molecular formula is C19H26N2O4S2. The van der Waals surface area contributed by atoms with Gasteiger partial charge in [0.05, 0.1) is 26.4 Å². The van der Waals surface area contributed by atoms with E-state index in [4.69, 9.17) is 9.47 Å². The fourth-order valence-electron chi connectivity index (χ4n) is 3.18. The molecule has 0 unspecified atom stereocenters. The largest absolute Gasteiger partial charge is 0.495 e. The number of rotatable bonds is 7. The normalized spacial score (nSPS) is 17.0. The predicted octanol–water partition coefficient (Wildman–Crippen LogP) is 2.73. The van der Waals surface area contributed by atoms with Gasteiger partial charge in [0, 0.05) is 24.5 Å². The number of thiophene rings is 1. The van der Waals surface area contributed by atoms with Gasteiger partial charge in [-0.1, -0.05) is 6.07 Å². The Bertz CT molecular complexity index is 860. The fraction of sp³-hybridized carbons (Fsp3) is 0.474. The lowest BCUT2D eigenvalue weighted by molar-refractivity contribution is 0.0179. The van der Waals surface area contributed by atoms with Gasteiger partial charge in [0.15, 0.2) is 0 Å². The van der Waals surface area contributed by atoms with Crippen LogP contribution in [0.1, 0.15) is 22.0 Å². The Labute approximate surface area is 165 Å². The summed E-state index contributed by atoms with van der Waals surface area (Å²) in [7, 11) is -2.20. The first-order chi connectivity index (χ1) is 12.9. The minimum Gasteiger partial charge on any atom is -0.495 e. The zero-order valence-electron chi connectivity index (χ0n) is 15.9. The smallest absolute Gasteiger partial charge is 0.244 e. The van der Waals surface area contributed by atoms with Crippen molar-refractivity contribution in [3.8, 4) is 5.75 Å². The highest BCUT2D eigenvalue weighted by atomic mass is 32.2. The van der Waals surface area contributed by atoms with Crippen LogP contribution < -0.4 is 9.46 Å². The Morgan fingerprint density at radius 1 is 1.26 bits per heavy atom. The number of sulfonamides is 1. The van der Waals surface area contributed by atoms with Gasteiger partial charge in [-0.15, -0.1) is 11.3 Å². The summed E-state index contributed by atoms with van der Waals surface area (Å²) in [5.41, 5.74) is 1.91. The van der Waals surface area contributed by atoms with Crippen LogP contribution in [0, 0.1) is 13.8 Å². The molecule has 2 aromatic rings. The number of morpholine rings is 1. The van der Waals surface area contributed by atoms with Crippen molar-refractivity contribution in [2.24, 2.45) is 0 Å². The molecule has 0 radical (unpaired) electrons. The van der Waals surface area contributed by atoms with Gasteiger partial charge in [-0.3, -0.25) is 4.90 Å². The maximum absolute atomic E-state index is 13.0. The first-order valence-electron chi connectivity index (χ1n) is 8.92. The van der Waals surface area contributed by atoms with Gasteiger partial charge in [0.1, 0.15) is 10.6 Å². The molecule has 1 aromatic carbocycles. The summed E-state index contributed by atoms with van der Waals surface area (Å²) in [5, 5.41) is 2.02. The summed E-state index contributed by atoms with van der Waals surface area (Å²) in [6, 6.07) is 7.47. The minimum absolute atomic E-state index is 0.0128. The SMILES string of the molecule is COc1cc(C)c(C)cc1S(=O)(=O)NC[C@H](c1cccs1)N1CCOCC1. The number of aryl methyl sites for hydroxylation is 2. The molecule has 1 aliphatic heterocycles. The average Bonchev–Trinajstić information content (AvgIpc) is 3.19. The number of nitrogens with zero attached hydrogens (tertiary/aromatic N) is 1. The van der Waals surface area contributed by atoms with Crippen LogP contribution in [-0.2, 0) is 14.8 Å². The van der Waals surface area contributed by atoms with E-state index < -0.39 is 10.0 Å². The van der Waals surface area contributed by atoms with Gasteiger partial charge in [0.25, 0.3) is 0 Å². The topological polar surface area (TPSA) is 67.9 Å². The number of benzene rings is 1. The van der Waals surface area contributed by atoms with Crippen LogP contribution in [0.15, 0.2) is 34.5 Å². The molecule has 1 saturated heterocycles. The third-order valence-corrected chi connectivity index (χ3v) is 7.31. The Kier molecular flexibility index (Phi) is 6.54. The molecule has 2 heterocycles. The van der Waals surface area contributed by atoms with Crippen molar-refractivity contribution in [3.63, 3.8) is 0 Å². The van der Waals surface area contributed by atoms with Gasteiger partial charge >= 0.3 is 0 Å². The Morgan fingerprint density at radius 2 is 1.96 bits per heavy atom. The fourth-order valence-corrected chi connectivity index (χ4v) is 5.31. The molecule has 1 N–H and O–H groups in total. The number of hydrogen-bond acceptors (Lipinski definition) is 6. The molecule has 3 rings (SSSR count). The molecular weight excluding hydrogens is 384 g/mol. The molecule has 1 fully saturated rings. The summed E-state index contributed by atoms with van der Waals surface area (Å²) in [6.45, 7) is 7.05. The predicted molar refractivity (Wildman–Crippen MR) is 107 cm³/mol. The van der Waals surface area contributed by atoms with Gasteiger partial charge in [-0.2, -0.15) is 0 Å². The lowest BCUT2D eigenvalue weighted by Gasteiger charge is -2.34. The van der Waals surface area contributed by atoms with E-state index in [0.29, 0.717) is 25.5 Å². The quantitative estimate of drug-likeness (QED) is 0.760. The van der Waals surface area contributed by atoms with Crippen molar-refractivity contribution in [2.45, 2.75) is 24.8 Å². The minimum atomic E-state index is -3.70. The Morgan fingerprint density at radius 3 is 2.59 bits per heavy atom. The Hall–Kier alpha value is -1.45. The summed E-state index contributed by atoms with van der Waals surface area (Å²) in [4.78, 5) is 3.60. The van der Waals surface area contributed by atoms with Gasteiger partial charge in [-0.25, -0.2) is 13.1 Å². The maximum atomic E-state index is 13.0. The van der Waals surface area contributed by atoms with Crippen molar-refractivity contribution < 1.29 is 17.9 Å². The van der Waals surface area contributed by atoms with Crippen molar-refractivity contribution in [1.29, 1.82) is 0 Å². The van der Waals surface area contributed by atoms with E-state index in [2.05, 4.69) is 15.7 Å². The average molecular weight is 411 g/mol. The molecule has 0 aliphatic carbocycles. The molecule has 0 amide bonds. The Balaban J connectivity index is 1.83. The molecule has 1 aliphatic rings. The molecule has 6 nitrogen and oxygen atoms in total. The standard InChI is InChI=1S/C19H26N2O4S2/c1-14-11-17(24-3)19(12-15(14)2)27(22,23)20-13-16(18-5-4-10-26-18)21-6-8-25-9-7-21/h4-5,10-12,16,20H,6-9,13H2,1-3H3/t16-/m1/s1. The third kappa shape index (κ3) is 4.70. The highest BCUT2D eigenvalue weighted by Crippen LogP contribution is 2.29. The van der Waals surface area contributed by atoms with Crippen molar-refractivity contribution >= 4 is 21.4 Å². The van der Waals surface area contributed by atoms with E-state index in [1.165, 1.54) is 7.11 Å². The first-order valence-corrected chi connectivity index (χ1v) is 11.3. The first kappa shape index (κ1) is 20.3. The zero-order chi connectivity index (χ0) is 19.4. The summed E-state index contributed by atoms with van der Waals surface area (Å²) < 4.78 is 39.6. The van der Waals surface area contributed by atoms with E-state index in [0.717, 1.165) is 29.1 Å². The molecule has 0 saturated carbocycles. The lowest BCUT2D eigenvalue weighted by Crippen LogP contribution is -2.43. The van der Waals surface area contributed by atoms with E-state index >= 15 is 0 Å². The van der Waals surface area contributed by atoms with Crippen molar-refractivity contribution in [1.82, 2.24) is 9.62 Å². The number of methoxy groups -OCH3 is 1. The summed E-state index contributed by atoms with van der Waals surface area (Å²) in [6.07, 6.45) is 0. The van der Waals surface area contributed by atoms with E-state index in [-0.39, 0.29) is 10.9 Å². The third-order valence-electron chi connectivity index (χ3n) is 4.89. The van der Waals surface area contributed by atoms with Crippen LogP contribution in [0.2, 0.25) is 0 Å². The van der Waals surface area contributed by atoms with E-state index in [1.54, 1.807) is 23.5 Å². The van der Waals surface area contributed by atoms with Crippen LogP contribution in [-0.4, -0.2) is 53.3 Å². The summed E-state index contributed by atoms with van der Waals surface area (Å²) >= 11 is 1.64. The van der Waals surface area contributed by atoms with Crippen LogP contribution in [0.3, 0.4) is 0 Å². The molecule has 27 heavy (non-hydrogen) atoms. The zero-order valence-corrected chi connectivity index (χ0v) is 17.5. The molecule has 1 atom stereocenters. The molecule has 1 aromatic heterocycles. The van der Waals surface area contributed by atoms with Crippen LogP contribution in [0.4, 0.5) is 0 Å².